The number of rotatable bonds is 13. The van der Waals surface area contributed by atoms with Gasteiger partial charge in [0.1, 0.15) is 4.90 Å². The van der Waals surface area contributed by atoms with E-state index in [2.05, 4.69) is 19.9 Å². The second-order valence-corrected chi connectivity index (χ2v) is 9.25. The Morgan fingerprint density at radius 2 is 1.32 bits per heavy atom. The lowest BCUT2D eigenvalue weighted by atomic mass is 9.91. The molecule has 0 aliphatic carbocycles. The summed E-state index contributed by atoms with van der Waals surface area (Å²) in [6, 6.07) is 9.20. The Morgan fingerprint density at radius 1 is 0.714 bits per heavy atom. The van der Waals surface area contributed by atoms with E-state index >= 15 is 0 Å². The van der Waals surface area contributed by atoms with Crippen LogP contribution in [0.15, 0.2) is 35.2 Å². The second kappa shape index (κ2) is 11.6. The van der Waals surface area contributed by atoms with Crippen molar-refractivity contribution in [3.8, 4) is 0 Å². The van der Waals surface area contributed by atoms with Crippen LogP contribution in [-0.4, -0.2) is 13.0 Å². The molecule has 0 amide bonds. The predicted molar refractivity (Wildman–Crippen MR) is 119 cm³/mol. The first-order chi connectivity index (χ1) is 13.5. The van der Waals surface area contributed by atoms with Crippen molar-refractivity contribution in [3.63, 3.8) is 0 Å². The standard InChI is InChI=1S/C24H36O3S/c1-3-5-7-9-11-14-20-18-19-23-22(16-13-17-24(23)28(25,26)27)21(20)15-12-10-8-6-4-2/h13,16-19H,3-12,14-15H2,1-2H3,(H,25,26,27). The summed E-state index contributed by atoms with van der Waals surface area (Å²) >= 11 is 0. The monoisotopic (exact) mass is 404 g/mol. The summed E-state index contributed by atoms with van der Waals surface area (Å²) in [6.07, 6.45) is 14.3. The van der Waals surface area contributed by atoms with Crippen LogP contribution in [0.1, 0.15) is 89.2 Å². The molecule has 0 radical (unpaired) electrons. The van der Waals surface area contributed by atoms with Gasteiger partial charge >= 0.3 is 0 Å². The molecule has 0 bridgehead atoms. The van der Waals surface area contributed by atoms with Crippen LogP contribution in [0.5, 0.6) is 0 Å². The third-order valence-corrected chi connectivity index (χ3v) is 6.50. The molecule has 1 N–H and O–H groups in total. The maximum Gasteiger partial charge on any atom is 0.295 e. The van der Waals surface area contributed by atoms with Gasteiger partial charge in [-0.2, -0.15) is 8.42 Å². The number of hydrogen-bond acceptors (Lipinski definition) is 2. The van der Waals surface area contributed by atoms with Gasteiger partial charge in [-0.3, -0.25) is 4.55 Å². The van der Waals surface area contributed by atoms with Gasteiger partial charge in [0.15, 0.2) is 0 Å². The average Bonchev–Trinajstić information content (AvgIpc) is 2.67. The molecular formula is C24H36O3S. The summed E-state index contributed by atoms with van der Waals surface area (Å²) < 4.78 is 33.2. The molecule has 2 aromatic rings. The highest BCUT2D eigenvalue weighted by molar-refractivity contribution is 7.86. The van der Waals surface area contributed by atoms with Gasteiger partial charge in [-0.25, -0.2) is 0 Å². The third kappa shape index (κ3) is 6.59. The maximum atomic E-state index is 11.8. The molecule has 0 heterocycles. The van der Waals surface area contributed by atoms with Crippen molar-refractivity contribution >= 4 is 20.9 Å². The zero-order valence-corrected chi connectivity index (χ0v) is 18.4. The van der Waals surface area contributed by atoms with Crippen LogP contribution in [0.4, 0.5) is 0 Å². The lowest BCUT2D eigenvalue weighted by Gasteiger charge is -2.15. The molecule has 0 aromatic heterocycles. The van der Waals surface area contributed by atoms with E-state index in [1.54, 1.807) is 6.07 Å². The average molecular weight is 405 g/mol. The molecule has 0 aliphatic heterocycles. The Kier molecular flexibility index (Phi) is 9.46. The summed E-state index contributed by atoms with van der Waals surface area (Å²) in [6.45, 7) is 4.45. The molecule has 0 spiro atoms. The zero-order chi connectivity index (χ0) is 20.4. The van der Waals surface area contributed by atoms with Gasteiger partial charge in [0.2, 0.25) is 0 Å². The molecule has 0 unspecified atom stereocenters. The molecular weight excluding hydrogens is 368 g/mol. The van der Waals surface area contributed by atoms with Crippen molar-refractivity contribution in [1.82, 2.24) is 0 Å². The number of fused-ring (bicyclic) bond motifs is 1. The highest BCUT2D eigenvalue weighted by atomic mass is 32.2. The molecule has 28 heavy (non-hydrogen) atoms. The fourth-order valence-corrected chi connectivity index (χ4v) is 4.72. The van der Waals surface area contributed by atoms with Crippen LogP contribution >= 0.6 is 0 Å². The Labute approximate surface area is 171 Å². The Balaban J connectivity index is 2.29. The summed E-state index contributed by atoms with van der Waals surface area (Å²) in [7, 11) is -4.22. The minimum atomic E-state index is -4.22. The van der Waals surface area contributed by atoms with Gasteiger partial charge < -0.3 is 0 Å². The van der Waals surface area contributed by atoms with Gasteiger partial charge in [-0.15, -0.1) is 0 Å². The molecule has 0 aliphatic rings. The van der Waals surface area contributed by atoms with Crippen LogP contribution in [-0.2, 0) is 23.0 Å². The first-order valence-electron chi connectivity index (χ1n) is 11.0. The van der Waals surface area contributed by atoms with Gasteiger partial charge in [0, 0.05) is 5.39 Å². The summed E-state index contributed by atoms with van der Waals surface area (Å²) in [4.78, 5) is 0.0201. The summed E-state index contributed by atoms with van der Waals surface area (Å²) in [5.74, 6) is 0. The third-order valence-electron chi connectivity index (χ3n) is 5.59. The van der Waals surface area contributed by atoms with Crippen molar-refractivity contribution < 1.29 is 13.0 Å². The van der Waals surface area contributed by atoms with Crippen LogP contribution in [0, 0.1) is 0 Å². The Morgan fingerprint density at radius 3 is 1.93 bits per heavy atom. The minimum absolute atomic E-state index is 0.0201. The maximum absolute atomic E-state index is 11.8. The van der Waals surface area contributed by atoms with Crippen molar-refractivity contribution in [1.29, 1.82) is 0 Å². The van der Waals surface area contributed by atoms with Crippen LogP contribution < -0.4 is 0 Å². The smallest absolute Gasteiger partial charge is 0.282 e. The highest BCUT2D eigenvalue weighted by Crippen LogP contribution is 2.30. The van der Waals surface area contributed by atoms with Crippen LogP contribution in [0.3, 0.4) is 0 Å². The van der Waals surface area contributed by atoms with E-state index in [0.29, 0.717) is 5.39 Å². The fraction of sp³-hybridized carbons (Fsp3) is 0.583. The molecule has 0 atom stereocenters. The van der Waals surface area contributed by atoms with Gasteiger partial charge in [-0.05, 0) is 48.3 Å². The van der Waals surface area contributed by atoms with Crippen LogP contribution in [0.2, 0.25) is 0 Å². The second-order valence-electron chi connectivity index (χ2n) is 7.86. The normalized spacial score (nSPS) is 12.0. The molecule has 2 rings (SSSR count). The summed E-state index contributed by atoms with van der Waals surface area (Å²) in [5, 5.41) is 1.62. The van der Waals surface area contributed by atoms with Crippen LogP contribution in [0.25, 0.3) is 10.8 Å². The molecule has 0 saturated carbocycles. The SMILES string of the molecule is CCCCCCCc1ccc2c(S(=O)(=O)O)cccc2c1CCCCCCC. The van der Waals surface area contributed by atoms with E-state index < -0.39 is 10.1 Å². The Hall–Kier alpha value is -1.39. The summed E-state index contributed by atoms with van der Waals surface area (Å²) in [5.41, 5.74) is 2.61. The molecule has 4 heteroatoms. The molecule has 2 aromatic carbocycles. The lowest BCUT2D eigenvalue weighted by Crippen LogP contribution is -2.02. The zero-order valence-electron chi connectivity index (χ0n) is 17.5. The Bertz CT molecular complexity index is 840. The van der Waals surface area contributed by atoms with E-state index in [0.717, 1.165) is 24.6 Å². The van der Waals surface area contributed by atoms with Gasteiger partial charge in [0.25, 0.3) is 10.1 Å². The fourth-order valence-electron chi connectivity index (χ4n) is 4.02. The largest absolute Gasteiger partial charge is 0.295 e. The number of hydrogen-bond donors (Lipinski definition) is 1. The molecule has 0 saturated heterocycles. The first-order valence-corrected chi connectivity index (χ1v) is 12.4. The van der Waals surface area contributed by atoms with E-state index in [1.807, 2.05) is 12.1 Å². The van der Waals surface area contributed by atoms with Crippen molar-refractivity contribution in [2.24, 2.45) is 0 Å². The minimum Gasteiger partial charge on any atom is -0.282 e. The van der Waals surface area contributed by atoms with E-state index in [-0.39, 0.29) is 4.90 Å². The quantitative estimate of drug-likeness (QED) is 0.286. The van der Waals surface area contributed by atoms with Crippen molar-refractivity contribution in [3.05, 3.63) is 41.5 Å². The lowest BCUT2D eigenvalue weighted by molar-refractivity contribution is 0.484. The predicted octanol–water partition coefficient (Wildman–Crippen LogP) is 7.11. The van der Waals surface area contributed by atoms with Gasteiger partial charge in [-0.1, -0.05) is 89.5 Å². The number of benzene rings is 2. The molecule has 3 nitrogen and oxygen atoms in total. The van der Waals surface area contributed by atoms with E-state index in [1.165, 1.54) is 75.0 Å². The molecule has 156 valence electrons. The first kappa shape index (κ1) is 22.9. The number of unbranched alkanes of at least 4 members (excludes halogenated alkanes) is 8. The van der Waals surface area contributed by atoms with Crippen molar-refractivity contribution in [2.45, 2.75) is 95.8 Å². The van der Waals surface area contributed by atoms with E-state index in [9.17, 15) is 13.0 Å². The molecule has 0 fully saturated rings. The van der Waals surface area contributed by atoms with E-state index in [4.69, 9.17) is 0 Å². The number of aryl methyl sites for hydroxylation is 2. The van der Waals surface area contributed by atoms with Gasteiger partial charge in [0.05, 0.1) is 0 Å². The highest BCUT2D eigenvalue weighted by Gasteiger charge is 2.16. The topological polar surface area (TPSA) is 54.4 Å². The van der Waals surface area contributed by atoms with Crippen molar-refractivity contribution in [2.75, 3.05) is 0 Å².